The van der Waals surface area contributed by atoms with Crippen molar-refractivity contribution in [3.63, 3.8) is 0 Å². The largest absolute Gasteiger partial charge is 0.398 e. The van der Waals surface area contributed by atoms with E-state index in [0.717, 1.165) is 12.1 Å². The SMILES string of the molecule is CN(C)NS(=O)(=O)c1cc(N)c(Br)cc1F. The summed E-state index contributed by atoms with van der Waals surface area (Å²) in [5.41, 5.74) is 5.65. The molecule has 0 unspecified atom stereocenters. The number of nitrogens with one attached hydrogen (secondary N) is 1. The van der Waals surface area contributed by atoms with Gasteiger partial charge in [0.1, 0.15) is 10.7 Å². The van der Waals surface area contributed by atoms with Crippen molar-refractivity contribution >= 4 is 31.6 Å². The van der Waals surface area contributed by atoms with E-state index >= 15 is 0 Å². The van der Waals surface area contributed by atoms with E-state index in [1.807, 2.05) is 0 Å². The lowest BCUT2D eigenvalue weighted by atomic mass is 10.3. The second-order valence-electron chi connectivity index (χ2n) is 3.29. The van der Waals surface area contributed by atoms with Crippen LogP contribution in [-0.2, 0) is 10.0 Å². The zero-order chi connectivity index (χ0) is 12.5. The minimum absolute atomic E-state index is 0.153. The Morgan fingerprint density at radius 2 is 2.00 bits per heavy atom. The van der Waals surface area contributed by atoms with E-state index in [9.17, 15) is 12.8 Å². The standard InChI is InChI=1S/C8H11BrFN3O2S/c1-13(2)12-16(14,15)8-4-7(11)5(9)3-6(8)10/h3-4,12H,11H2,1-2H3. The van der Waals surface area contributed by atoms with Gasteiger partial charge in [-0.25, -0.2) is 17.8 Å². The van der Waals surface area contributed by atoms with Gasteiger partial charge in [-0.2, -0.15) is 0 Å². The molecule has 0 aromatic heterocycles. The molecule has 1 rings (SSSR count). The molecule has 8 heteroatoms. The Bertz CT molecular complexity index is 504. The van der Waals surface area contributed by atoms with E-state index in [2.05, 4.69) is 20.8 Å². The minimum atomic E-state index is -3.93. The average Bonchev–Trinajstić information content (AvgIpc) is 2.08. The van der Waals surface area contributed by atoms with Crippen molar-refractivity contribution in [1.82, 2.24) is 9.84 Å². The molecule has 0 saturated carbocycles. The van der Waals surface area contributed by atoms with Crippen LogP contribution in [0.1, 0.15) is 0 Å². The zero-order valence-corrected chi connectivity index (χ0v) is 11.1. The number of nitrogens with zero attached hydrogens (tertiary/aromatic N) is 1. The molecule has 0 heterocycles. The fraction of sp³-hybridized carbons (Fsp3) is 0.250. The van der Waals surface area contributed by atoms with E-state index in [1.165, 1.54) is 19.1 Å². The molecular formula is C8H11BrFN3O2S. The third-order valence-corrected chi connectivity index (χ3v) is 3.83. The molecule has 3 N–H and O–H groups in total. The van der Waals surface area contributed by atoms with Crippen LogP contribution in [0.5, 0.6) is 0 Å². The number of benzene rings is 1. The Morgan fingerprint density at radius 1 is 1.44 bits per heavy atom. The van der Waals surface area contributed by atoms with Crippen molar-refractivity contribution < 1.29 is 12.8 Å². The molecular weight excluding hydrogens is 301 g/mol. The summed E-state index contributed by atoms with van der Waals surface area (Å²) in [6, 6.07) is 2.07. The molecule has 0 fully saturated rings. The van der Waals surface area contributed by atoms with Crippen LogP contribution in [0, 0.1) is 5.82 Å². The highest BCUT2D eigenvalue weighted by molar-refractivity contribution is 9.10. The van der Waals surface area contributed by atoms with E-state index < -0.39 is 20.7 Å². The maximum atomic E-state index is 13.5. The lowest BCUT2D eigenvalue weighted by molar-refractivity contribution is 0.363. The number of hydrazine groups is 1. The molecule has 1 aromatic rings. The molecule has 0 atom stereocenters. The van der Waals surface area contributed by atoms with Crippen LogP contribution in [-0.4, -0.2) is 27.5 Å². The lowest BCUT2D eigenvalue weighted by Gasteiger charge is -2.13. The molecule has 1 aromatic carbocycles. The van der Waals surface area contributed by atoms with Crippen molar-refractivity contribution in [1.29, 1.82) is 0 Å². The molecule has 0 aliphatic carbocycles. The summed E-state index contributed by atoms with van der Waals surface area (Å²) in [5, 5.41) is 1.20. The molecule has 0 aliphatic rings. The third-order valence-electron chi connectivity index (χ3n) is 1.64. The van der Waals surface area contributed by atoms with Gasteiger partial charge in [0.05, 0.1) is 0 Å². The first-order chi connectivity index (χ1) is 7.24. The highest BCUT2D eigenvalue weighted by Gasteiger charge is 2.21. The summed E-state index contributed by atoms with van der Waals surface area (Å²) < 4.78 is 37.1. The van der Waals surface area contributed by atoms with Crippen molar-refractivity contribution in [2.24, 2.45) is 0 Å². The second kappa shape index (κ2) is 4.66. The number of hydrogen-bond acceptors (Lipinski definition) is 4. The Balaban J connectivity index is 3.29. The quantitative estimate of drug-likeness (QED) is 0.643. The summed E-state index contributed by atoms with van der Waals surface area (Å²) in [6.45, 7) is 0. The molecule has 0 amide bonds. The van der Waals surface area contributed by atoms with Gasteiger partial charge in [-0.15, -0.1) is 4.83 Å². The number of sulfonamides is 1. The van der Waals surface area contributed by atoms with Crippen LogP contribution in [0.2, 0.25) is 0 Å². The van der Waals surface area contributed by atoms with Crippen LogP contribution in [0.15, 0.2) is 21.5 Å². The van der Waals surface area contributed by atoms with Crippen molar-refractivity contribution in [2.45, 2.75) is 4.90 Å². The number of hydrogen-bond donors (Lipinski definition) is 2. The monoisotopic (exact) mass is 311 g/mol. The predicted octanol–water partition coefficient (Wildman–Crippen LogP) is 0.925. The summed E-state index contributed by atoms with van der Waals surface area (Å²) >= 11 is 3.01. The van der Waals surface area contributed by atoms with Crippen LogP contribution in [0.25, 0.3) is 0 Å². The maximum Gasteiger partial charge on any atom is 0.256 e. The Morgan fingerprint density at radius 3 is 2.50 bits per heavy atom. The van der Waals surface area contributed by atoms with Crippen molar-refractivity contribution in [3.8, 4) is 0 Å². The van der Waals surface area contributed by atoms with Gasteiger partial charge in [0.25, 0.3) is 10.0 Å². The van der Waals surface area contributed by atoms with Crippen LogP contribution >= 0.6 is 15.9 Å². The zero-order valence-electron chi connectivity index (χ0n) is 8.66. The molecule has 90 valence electrons. The highest BCUT2D eigenvalue weighted by Crippen LogP contribution is 2.25. The topological polar surface area (TPSA) is 75.4 Å². The molecule has 5 nitrogen and oxygen atoms in total. The van der Waals surface area contributed by atoms with Gasteiger partial charge in [-0.05, 0) is 28.1 Å². The first-order valence-electron chi connectivity index (χ1n) is 4.18. The second-order valence-corrected chi connectivity index (χ2v) is 5.78. The summed E-state index contributed by atoms with van der Waals surface area (Å²) in [5.74, 6) is -0.865. The number of anilines is 1. The van der Waals surface area contributed by atoms with E-state index in [-0.39, 0.29) is 5.69 Å². The maximum absolute atomic E-state index is 13.5. The van der Waals surface area contributed by atoms with Gasteiger partial charge in [-0.3, -0.25) is 0 Å². The van der Waals surface area contributed by atoms with Gasteiger partial charge in [0.15, 0.2) is 0 Å². The van der Waals surface area contributed by atoms with Crippen molar-refractivity contribution in [3.05, 3.63) is 22.4 Å². The average molecular weight is 312 g/mol. The van der Waals surface area contributed by atoms with Crippen LogP contribution in [0.4, 0.5) is 10.1 Å². The molecule has 0 spiro atoms. The van der Waals surface area contributed by atoms with E-state index in [1.54, 1.807) is 0 Å². The molecule has 0 bridgehead atoms. The normalized spacial score (nSPS) is 12.1. The fourth-order valence-electron chi connectivity index (χ4n) is 1.04. The van der Waals surface area contributed by atoms with Crippen molar-refractivity contribution in [2.75, 3.05) is 19.8 Å². The minimum Gasteiger partial charge on any atom is -0.398 e. The lowest BCUT2D eigenvalue weighted by Crippen LogP contribution is -2.36. The number of halogens is 2. The van der Waals surface area contributed by atoms with Crippen LogP contribution in [0.3, 0.4) is 0 Å². The van der Waals surface area contributed by atoms with Gasteiger partial charge >= 0.3 is 0 Å². The fourth-order valence-corrected chi connectivity index (χ4v) is 2.53. The first kappa shape index (κ1) is 13.4. The Hall–Kier alpha value is -0.700. The Labute approximate surface area is 102 Å². The molecule has 0 aliphatic heterocycles. The smallest absolute Gasteiger partial charge is 0.256 e. The molecule has 16 heavy (non-hydrogen) atoms. The van der Waals surface area contributed by atoms with E-state index in [0.29, 0.717) is 4.47 Å². The van der Waals surface area contributed by atoms with Gasteiger partial charge in [0.2, 0.25) is 0 Å². The number of rotatable bonds is 3. The number of nitrogens with two attached hydrogens (primary N) is 1. The van der Waals surface area contributed by atoms with Crippen LogP contribution < -0.4 is 10.6 Å². The molecule has 0 saturated heterocycles. The number of nitrogen functional groups attached to an aromatic ring is 1. The summed E-state index contributed by atoms with van der Waals surface area (Å²) in [6.07, 6.45) is 0. The highest BCUT2D eigenvalue weighted by atomic mass is 79.9. The summed E-state index contributed by atoms with van der Waals surface area (Å²) in [4.78, 5) is 1.63. The molecule has 0 radical (unpaired) electrons. The van der Waals surface area contributed by atoms with Gasteiger partial charge < -0.3 is 5.73 Å². The van der Waals surface area contributed by atoms with Gasteiger partial charge in [0, 0.05) is 24.3 Å². The van der Waals surface area contributed by atoms with E-state index in [4.69, 9.17) is 5.73 Å². The van der Waals surface area contributed by atoms with Gasteiger partial charge in [-0.1, -0.05) is 0 Å². The predicted molar refractivity (Wildman–Crippen MR) is 62.5 cm³/mol. The summed E-state index contributed by atoms with van der Waals surface area (Å²) in [7, 11) is -0.962. The Kier molecular flexibility index (Phi) is 3.89. The third kappa shape index (κ3) is 2.91. The first-order valence-corrected chi connectivity index (χ1v) is 6.46.